The number of hydrogen-bond acceptors (Lipinski definition) is 5. The first-order chi connectivity index (χ1) is 14.3. The fraction of sp³-hybridized carbons (Fsp3) is 0.348. The molecule has 2 aromatic heterocycles. The van der Waals surface area contributed by atoms with E-state index in [-0.39, 0.29) is 0 Å². The van der Waals surface area contributed by atoms with E-state index in [2.05, 4.69) is 50.4 Å². The lowest BCUT2D eigenvalue weighted by Crippen LogP contribution is -2.29. The number of aromatic nitrogens is 4. The van der Waals surface area contributed by atoms with E-state index in [1.807, 2.05) is 24.5 Å². The summed E-state index contributed by atoms with van der Waals surface area (Å²) in [6, 6.07) is 16.6. The molecule has 1 atom stereocenters. The highest BCUT2D eigenvalue weighted by molar-refractivity contribution is 5.75. The van der Waals surface area contributed by atoms with Gasteiger partial charge in [-0.05, 0) is 61.5 Å². The Balaban J connectivity index is 1.24. The van der Waals surface area contributed by atoms with Crippen molar-refractivity contribution in [2.24, 2.45) is 5.41 Å². The Morgan fingerprint density at radius 3 is 2.93 bits per heavy atom. The molecule has 3 heterocycles. The van der Waals surface area contributed by atoms with Crippen molar-refractivity contribution in [2.75, 3.05) is 13.1 Å². The van der Waals surface area contributed by atoms with Crippen molar-refractivity contribution in [3.05, 3.63) is 66.3 Å². The number of para-hydroxylation sites is 2. The molecular weight excluding hydrogens is 362 g/mol. The van der Waals surface area contributed by atoms with Crippen molar-refractivity contribution in [2.45, 2.75) is 31.7 Å². The van der Waals surface area contributed by atoms with Crippen molar-refractivity contribution in [1.29, 1.82) is 0 Å². The lowest BCUT2D eigenvalue weighted by Gasteiger charge is -2.22. The molecule has 1 aliphatic carbocycles. The number of fused-ring (bicyclic) bond motifs is 1. The van der Waals surface area contributed by atoms with Gasteiger partial charge in [0, 0.05) is 18.0 Å². The first-order valence-corrected chi connectivity index (χ1v) is 10.3. The van der Waals surface area contributed by atoms with E-state index in [4.69, 9.17) is 9.51 Å². The van der Waals surface area contributed by atoms with E-state index in [9.17, 15) is 0 Å². The molecule has 1 aliphatic heterocycles. The molecule has 2 aliphatic rings. The highest BCUT2D eigenvalue weighted by atomic mass is 16.5. The molecule has 4 aromatic rings. The summed E-state index contributed by atoms with van der Waals surface area (Å²) in [5.41, 5.74) is 4.75. The van der Waals surface area contributed by atoms with Crippen LogP contribution < -0.4 is 5.32 Å². The van der Waals surface area contributed by atoms with E-state index in [1.54, 1.807) is 0 Å². The molecule has 1 spiro atoms. The van der Waals surface area contributed by atoms with Gasteiger partial charge in [0.15, 0.2) is 0 Å². The highest BCUT2D eigenvalue weighted by Crippen LogP contribution is 2.63. The third kappa shape index (κ3) is 2.95. The number of nitrogens with one attached hydrogen (secondary N) is 1. The fourth-order valence-corrected chi connectivity index (χ4v) is 4.81. The van der Waals surface area contributed by atoms with Gasteiger partial charge < -0.3 is 14.4 Å². The zero-order valence-corrected chi connectivity index (χ0v) is 16.2. The summed E-state index contributed by atoms with van der Waals surface area (Å²) in [5, 5.41) is 7.74. The van der Waals surface area contributed by atoms with Gasteiger partial charge in [0.2, 0.25) is 11.7 Å². The van der Waals surface area contributed by atoms with Gasteiger partial charge in [-0.3, -0.25) is 0 Å². The van der Waals surface area contributed by atoms with E-state index < -0.39 is 0 Å². The molecule has 6 nitrogen and oxygen atoms in total. The van der Waals surface area contributed by atoms with Crippen LogP contribution in [0.5, 0.6) is 0 Å². The molecule has 1 saturated carbocycles. The Bertz CT molecular complexity index is 1170. The van der Waals surface area contributed by atoms with Gasteiger partial charge in [0.25, 0.3) is 0 Å². The van der Waals surface area contributed by atoms with Crippen LogP contribution in [-0.4, -0.2) is 32.8 Å². The molecular formula is C23H23N5O. The lowest BCUT2D eigenvalue weighted by atomic mass is 9.92. The maximum Gasteiger partial charge on any atom is 0.230 e. The van der Waals surface area contributed by atoms with Crippen LogP contribution in [0.2, 0.25) is 0 Å². The van der Waals surface area contributed by atoms with Gasteiger partial charge in [0.05, 0.1) is 17.4 Å². The number of hydrogen-bond donors (Lipinski definition) is 1. The van der Waals surface area contributed by atoms with Crippen LogP contribution in [0, 0.1) is 5.41 Å². The standard InChI is InChI=1S/C23H23N5O/c1-2-7-20-19(6-1)25-15-28(20)14-16-4-3-5-17(12-16)21-26-22(29-27-21)18-13-23(18)8-10-24-11-9-23/h1-7,12,15,18,24H,8-11,13-14H2. The summed E-state index contributed by atoms with van der Waals surface area (Å²) < 4.78 is 7.85. The van der Waals surface area contributed by atoms with Crippen LogP contribution in [0.1, 0.15) is 36.6 Å². The Kier molecular flexibility index (Phi) is 3.81. The van der Waals surface area contributed by atoms with Crippen LogP contribution in [-0.2, 0) is 6.54 Å². The van der Waals surface area contributed by atoms with Crippen LogP contribution in [0.4, 0.5) is 0 Å². The predicted octanol–water partition coefficient (Wildman–Crippen LogP) is 3.99. The SMILES string of the molecule is c1cc(Cn2cnc3ccccc32)cc(-c2noc(C3CC34CCNCC4)n2)c1. The summed E-state index contributed by atoms with van der Waals surface area (Å²) in [5.74, 6) is 1.94. The van der Waals surface area contributed by atoms with Gasteiger partial charge in [-0.1, -0.05) is 35.5 Å². The van der Waals surface area contributed by atoms with Gasteiger partial charge >= 0.3 is 0 Å². The molecule has 0 amide bonds. The molecule has 0 radical (unpaired) electrons. The zero-order chi connectivity index (χ0) is 19.3. The minimum Gasteiger partial charge on any atom is -0.339 e. The second-order valence-electron chi connectivity index (χ2n) is 8.39. The minimum absolute atomic E-state index is 0.402. The number of imidazole rings is 1. The molecule has 29 heavy (non-hydrogen) atoms. The fourth-order valence-electron chi connectivity index (χ4n) is 4.81. The second kappa shape index (κ2) is 6.52. The summed E-state index contributed by atoms with van der Waals surface area (Å²) >= 11 is 0. The highest BCUT2D eigenvalue weighted by Gasteiger charge is 2.57. The quantitative estimate of drug-likeness (QED) is 0.575. The Labute approximate surface area is 169 Å². The van der Waals surface area contributed by atoms with Gasteiger partial charge in [-0.2, -0.15) is 4.98 Å². The normalized spacial score (nSPS) is 20.3. The lowest BCUT2D eigenvalue weighted by molar-refractivity contribution is 0.311. The number of piperidine rings is 1. The molecule has 6 rings (SSSR count). The minimum atomic E-state index is 0.402. The molecule has 1 saturated heterocycles. The molecule has 146 valence electrons. The van der Waals surface area contributed by atoms with Crippen LogP contribution in [0.15, 0.2) is 59.4 Å². The van der Waals surface area contributed by atoms with Gasteiger partial charge in [-0.25, -0.2) is 4.98 Å². The van der Waals surface area contributed by atoms with Crippen LogP contribution in [0.3, 0.4) is 0 Å². The summed E-state index contributed by atoms with van der Waals surface area (Å²) in [7, 11) is 0. The zero-order valence-electron chi connectivity index (χ0n) is 16.2. The first kappa shape index (κ1) is 16.9. The van der Waals surface area contributed by atoms with Crippen LogP contribution >= 0.6 is 0 Å². The Hall–Kier alpha value is -2.99. The first-order valence-electron chi connectivity index (χ1n) is 10.3. The maximum atomic E-state index is 5.68. The maximum absolute atomic E-state index is 5.68. The Morgan fingerprint density at radius 2 is 2.00 bits per heavy atom. The molecule has 6 heteroatoms. The topological polar surface area (TPSA) is 68.8 Å². The van der Waals surface area contributed by atoms with E-state index in [0.29, 0.717) is 17.2 Å². The summed E-state index contributed by atoms with van der Waals surface area (Å²) in [4.78, 5) is 9.25. The van der Waals surface area contributed by atoms with Crippen molar-refractivity contribution in [1.82, 2.24) is 25.0 Å². The van der Waals surface area contributed by atoms with E-state index >= 15 is 0 Å². The molecule has 1 unspecified atom stereocenters. The number of rotatable bonds is 4. The Morgan fingerprint density at radius 1 is 1.10 bits per heavy atom. The number of nitrogens with zero attached hydrogens (tertiary/aromatic N) is 4. The van der Waals surface area contributed by atoms with Crippen molar-refractivity contribution in [3.63, 3.8) is 0 Å². The number of benzene rings is 2. The molecule has 2 fully saturated rings. The summed E-state index contributed by atoms with van der Waals surface area (Å²) in [6.45, 7) is 2.96. The smallest absolute Gasteiger partial charge is 0.230 e. The monoisotopic (exact) mass is 385 g/mol. The summed E-state index contributed by atoms with van der Waals surface area (Å²) in [6.07, 6.45) is 5.51. The predicted molar refractivity (Wildman–Crippen MR) is 110 cm³/mol. The average Bonchev–Trinajstić information content (AvgIpc) is 3.12. The van der Waals surface area contributed by atoms with Crippen molar-refractivity contribution < 1.29 is 4.52 Å². The average molecular weight is 385 g/mol. The van der Waals surface area contributed by atoms with Gasteiger partial charge in [-0.15, -0.1) is 0 Å². The molecule has 1 N–H and O–H groups in total. The third-order valence-electron chi connectivity index (χ3n) is 6.59. The van der Waals surface area contributed by atoms with Crippen molar-refractivity contribution >= 4 is 11.0 Å². The van der Waals surface area contributed by atoms with E-state index in [1.165, 1.54) is 24.8 Å². The van der Waals surface area contributed by atoms with Crippen molar-refractivity contribution in [3.8, 4) is 11.4 Å². The second-order valence-corrected chi connectivity index (χ2v) is 8.39. The molecule has 2 aromatic carbocycles. The largest absolute Gasteiger partial charge is 0.339 e. The molecule has 0 bridgehead atoms. The van der Waals surface area contributed by atoms with Gasteiger partial charge in [0.1, 0.15) is 0 Å². The van der Waals surface area contributed by atoms with Crippen LogP contribution in [0.25, 0.3) is 22.4 Å². The van der Waals surface area contributed by atoms with E-state index in [0.717, 1.165) is 42.1 Å². The third-order valence-corrected chi connectivity index (χ3v) is 6.59.